The van der Waals surface area contributed by atoms with E-state index in [-0.39, 0.29) is 5.75 Å². The fourth-order valence-electron chi connectivity index (χ4n) is 2.05. The number of nitrogens with zero attached hydrogens (tertiary/aromatic N) is 5. The van der Waals surface area contributed by atoms with E-state index in [1.54, 1.807) is 24.4 Å². The second kappa shape index (κ2) is 4.60. The molecule has 4 aromatic rings. The maximum Gasteiger partial charge on any atom is 0.223 e. The average molecular weight is 296 g/mol. The van der Waals surface area contributed by atoms with Gasteiger partial charge in [-0.25, -0.2) is 4.98 Å². The molecule has 0 saturated carbocycles. The maximum atomic E-state index is 10.2. The third kappa shape index (κ3) is 2.01. The highest BCUT2D eigenvalue weighted by atomic mass is 32.1. The van der Waals surface area contributed by atoms with Crippen LogP contribution >= 0.6 is 11.3 Å². The molecule has 0 aliphatic heterocycles. The highest BCUT2D eigenvalue weighted by Crippen LogP contribution is 2.33. The van der Waals surface area contributed by atoms with E-state index < -0.39 is 0 Å². The van der Waals surface area contributed by atoms with Gasteiger partial charge in [0.15, 0.2) is 0 Å². The van der Waals surface area contributed by atoms with Crippen LogP contribution in [0.25, 0.3) is 33.0 Å². The van der Waals surface area contributed by atoms with Gasteiger partial charge in [0.25, 0.3) is 0 Å². The van der Waals surface area contributed by atoms with Gasteiger partial charge in [0.05, 0.1) is 5.69 Å². The van der Waals surface area contributed by atoms with Gasteiger partial charge in [0.1, 0.15) is 16.3 Å². The fourth-order valence-corrected chi connectivity index (χ4v) is 2.68. The molecule has 0 aliphatic carbocycles. The molecule has 3 aromatic heterocycles. The molecule has 4 rings (SSSR count). The number of hydrogen-bond donors (Lipinski definition) is 2. The normalized spacial score (nSPS) is 11.0. The largest absolute Gasteiger partial charge is 0.507 e. The predicted octanol–water partition coefficient (Wildman–Crippen LogP) is 2.24. The summed E-state index contributed by atoms with van der Waals surface area (Å²) in [7, 11) is 0. The Balaban J connectivity index is 1.81. The van der Waals surface area contributed by atoms with Crippen LogP contribution in [0.15, 0.2) is 35.8 Å². The zero-order valence-electron chi connectivity index (χ0n) is 10.6. The molecule has 0 radical (unpaired) electrons. The monoisotopic (exact) mass is 296 g/mol. The van der Waals surface area contributed by atoms with Gasteiger partial charge < -0.3 is 5.11 Å². The molecule has 1 aromatic carbocycles. The number of phenols is 1. The molecule has 102 valence electrons. The summed E-state index contributed by atoms with van der Waals surface area (Å²) in [5.74, 6) is 0.129. The Kier molecular flexibility index (Phi) is 2.61. The second-order valence-corrected chi connectivity index (χ2v) is 5.24. The number of rotatable bonds is 2. The lowest BCUT2D eigenvalue weighted by atomic mass is 10.1. The molecule has 0 unspecified atom stereocenters. The van der Waals surface area contributed by atoms with Gasteiger partial charge in [-0.3, -0.25) is 5.10 Å². The van der Waals surface area contributed by atoms with Gasteiger partial charge in [-0.2, -0.15) is 0 Å². The minimum atomic E-state index is 0.129. The number of benzene rings is 1. The van der Waals surface area contributed by atoms with Crippen molar-refractivity contribution in [2.75, 3.05) is 0 Å². The zero-order chi connectivity index (χ0) is 14.2. The molecular weight excluding hydrogens is 288 g/mol. The number of fused-ring (bicyclic) bond motifs is 1. The number of aromatic hydroxyl groups is 1. The first-order valence-electron chi connectivity index (χ1n) is 6.09. The summed E-state index contributed by atoms with van der Waals surface area (Å²) in [6.45, 7) is 0. The van der Waals surface area contributed by atoms with E-state index in [4.69, 9.17) is 0 Å². The molecular formula is C13H8N6OS. The summed E-state index contributed by atoms with van der Waals surface area (Å²) < 4.78 is 0. The first-order valence-corrected chi connectivity index (χ1v) is 6.97. The standard InChI is InChI=1S/C13H8N6OS/c20-11-5-7(13-14-3-4-21-13)1-2-8(11)9-6-10-12(17-15-9)18-19-16-10/h1-6,20H,(H,16,17,18,19). The minimum Gasteiger partial charge on any atom is -0.507 e. The smallest absolute Gasteiger partial charge is 0.223 e. The van der Waals surface area contributed by atoms with Crippen LogP contribution in [0, 0.1) is 0 Å². The molecule has 21 heavy (non-hydrogen) atoms. The molecule has 0 spiro atoms. The lowest BCUT2D eigenvalue weighted by Crippen LogP contribution is -1.89. The molecule has 0 aliphatic rings. The van der Waals surface area contributed by atoms with Crippen LogP contribution in [-0.2, 0) is 0 Å². The molecule has 0 bridgehead atoms. The fraction of sp³-hybridized carbons (Fsp3) is 0. The predicted molar refractivity (Wildman–Crippen MR) is 77.7 cm³/mol. The summed E-state index contributed by atoms with van der Waals surface area (Å²) in [6.07, 6.45) is 1.73. The lowest BCUT2D eigenvalue weighted by molar-refractivity contribution is 0.477. The number of phenolic OH excluding ortho intramolecular Hbond substituents is 1. The zero-order valence-corrected chi connectivity index (χ0v) is 11.4. The topological polar surface area (TPSA) is 100 Å². The molecule has 3 heterocycles. The Morgan fingerprint density at radius 3 is 2.86 bits per heavy atom. The summed E-state index contributed by atoms with van der Waals surface area (Å²) in [5, 5.41) is 31.2. The van der Waals surface area contributed by atoms with Crippen LogP contribution in [0.5, 0.6) is 5.75 Å². The van der Waals surface area contributed by atoms with E-state index >= 15 is 0 Å². The van der Waals surface area contributed by atoms with Gasteiger partial charge >= 0.3 is 0 Å². The van der Waals surface area contributed by atoms with Crippen LogP contribution in [0.4, 0.5) is 0 Å². The van der Waals surface area contributed by atoms with Crippen molar-refractivity contribution in [3.05, 3.63) is 35.8 Å². The van der Waals surface area contributed by atoms with Gasteiger partial charge in [-0.15, -0.1) is 26.6 Å². The second-order valence-electron chi connectivity index (χ2n) is 4.35. The number of nitrogens with one attached hydrogen (secondary N) is 1. The van der Waals surface area contributed by atoms with Crippen molar-refractivity contribution in [1.29, 1.82) is 0 Å². The highest BCUT2D eigenvalue weighted by Gasteiger charge is 2.11. The van der Waals surface area contributed by atoms with Gasteiger partial charge in [-0.05, 0) is 18.2 Å². The van der Waals surface area contributed by atoms with Crippen molar-refractivity contribution in [2.45, 2.75) is 0 Å². The third-order valence-electron chi connectivity index (χ3n) is 3.04. The van der Waals surface area contributed by atoms with Crippen molar-refractivity contribution in [2.24, 2.45) is 0 Å². The Morgan fingerprint density at radius 1 is 1.10 bits per heavy atom. The van der Waals surface area contributed by atoms with Gasteiger partial charge in [0.2, 0.25) is 5.65 Å². The Hall–Kier alpha value is -2.87. The van der Waals surface area contributed by atoms with Crippen LogP contribution in [0.1, 0.15) is 0 Å². The van der Waals surface area contributed by atoms with Crippen LogP contribution < -0.4 is 0 Å². The quantitative estimate of drug-likeness (QED) is 0.588. The van der Waals surface area contributed by atoms with Crippen molar-refractivity contribution in [1.82, 2.24) is 30.6 Å². The number of thiazole rings is 1. The highest BCUT2D eigenvalue weighted by molar-refractivity contribution is 7.13. The van der Waals surface area contributed by atoms with E-state index in [0.29, 0.717) is 22.4 Å². The Bertz CT molecular complexity index is 917. The third-order valence-corrected chi connectivity index (χ3v) is 3.86. The van der Waals surface area contributed by atoms with Crippen molar-refractivity contribution in [3.63, 3.8) is 0 Å². The van der Waals surface area contributed by atoms with E-state index in [1.165, 1.54) is 11.3 Å². The molecule has 0 amide bonds. The van der Waals surface area contributed by atoms with Crippen LogP contribution in [-0.4, -0.2) is 35.7 Å². The number of aromatic nitrogens is 6. The molecule has 0 atom stereocenters. The summed E-state index contributed by atoms with van der Waals surface area (Å²) in [5.41, 5.74) is 3.13. The van der Waals surface area contributed by atoms with E-state index in [1.807, 2.05) is 11.4 Å². The first-order chi connectivity index (χ1) is 10.3. The van der Waals surface area contributed by atoms with Crippen LogP contribution in [0.2, 0.25) is 0 Å². The summed E-state index contributed by atoms with van der Waals surface area (Å²) in [6, 6.07) is 7.11. The Morgan fingerprint density at radius 2 is 2.05 bits per heavy atom. The average Bonchev–Trinajstić information content (AvgIpc) is 3.18. The van der Waals surface area contributed by atoms with E-state index in [9.17, 15) is 5.11 Å². The van der Waals surface area contributed by atoms with Crippen molar-refractivity contribution in [3.8, 4) is 27.6 Å². The summed E-state index contributed by atoms with van der Waals surface area (Å²) >= 11 is 1.52. The number of hydrogen-bond acceptors (Lipinski definition) is 7. The van der Waals surface area contributed by atoms with E-state index in [2.05, 4.69) is 30.6 Å². The lowest BCUT2D eigenvalue weighted by Gasteiger charge is -2.05. The molecule has 2 N–H and O–H groups in total. The molecule has 7 nitrogen and oxygen atoms in total. The molecule has 0 saturated heterocycles. The molecule has 8 heteroatoms. The minimum absolute atomic E-state index is 0.129. The van der Waals surface area contributed by atoms with E-state index in [0.717, 1.165) is 10.6 Å². The van der Waals surface area contributed by atoms with Crippen molar-refractivity contribution >= 4 is 22.5 Å². The Labute approximate surface area is 122 Å². The maximum absolute atomic E-state index is 10.2. The van der Waals surface area contributed by atoms with Gasteiger partial charge in [-0.1, -0.05) is 11.3 Å². The number of H-pyrrole nitrogens is 1. The SMILES string of the molecule is Oc1cc(-c2nccs2)ccc1-c1cc2[nH]nnc2nn1. The van der Waals surface area contributed by atoms with Crippen LogP contribution in [0.3, 0.4) is 0 Å². The number of aromatic amines is 1. The van der Waals surface area contributed by atoms with Crippen molar-refractivity contribution < 1.29 is 5.11 Å². The van der Waals surface area contributed by atoms with Gasteiger partial charge in [0, 0.05) is 22.7 Å². The first kappa shape index (κ1) is 11.9. The summed E-state index contributed by atoms with van der Waals surface area (Å²) in [4.78, 5) is 4.22. The molecule has 0 fully saturated rings.